The van der Waals surface area contributed by atoms with Crippen LogP contribution >= 0.6 is 0 Å². The lowest BCUT2D eigenvalue weighted by molar-refractivity contribution is 0.0953. The number of methoxy groups -OCH3 is 1. The van der Waals surface area contributed by atoms with Gasteiger partial charge in [0, 0.05) is 25.1 Å². The number of hydrogen-bond acceptors (Lipinski definition) is 4. The number of carbonyl (C=O) groups is 1. The Kier molecular flexibility index (Phi) is 8.98. The fourth-order valence-corrected chi connectivity index (χ4v) is 4.24. The van der Waals surface area contributed by atoms with Crippen molar-refractivity contribution in [3.8, 4) is 11.5 Å². The van der Waals surface area contributed by atoms with Crippen LogP contribution in [0.15, 0.2) is 72.8 Å². The predicted octanol–water partition coefficient (Wildman–Crippen LogP) is 5.97. The first-order chi connectivity index (χ1) is 17.6. The Morgan fingerprint density at radius 3 is 2.42 bits per heavy atom. The van der Waals surface area contributed by atoms with Crippen LogP contribution in [-0.4, -0.2) is 35.7 Å². The van der Waals surface area contributed by atoms with E-state index in [1.54, 1.807) is 7.11 Å². The molecule has 0 aliphatic rings. The van der Waals surface area contributed by atoms with E-state index in [9.17, 15) is 4.79 Å². The van der Waals surface area contributed by atoms with E-state index in [0.29, 0.717) is 18.7 Å². The van der Waals surface area contributed by atoms with Crippen LogP contribution in [0.4, 0.5) is 0 Å². The lowest BCUT2D eigenvalue weighted by Crippen LogP contribution is -2.24. The number of unbranched alkanes of at least 4 members (excludes halogenated alkanes) is 2. The van der Waals surface area contributed by atoms with Gasteiger partial charge in [-0.1, -0.05) is 36.2 Å². The van der Waals surface area contributed by atoms with Crippen molar-refractivity contribution in [2.45, 2.75) is 45.6 Å². The largest absolute Gasteiger partial charge is 0.497 e. The third-order valence-electron chi connectivity index (χ3n) is 6.26. The van der Waals surface area contributed by atoms with Crippen molar-refractivity contribution in [2.24, 2.45) is 0 Å². The second-order valence-corrected chi connectivity index (χ2v) is 8.98. The molecule has 6 heteroatoms. The summed E-state index contributed by atoms with van der Waals surface area (Å²) in [5.41, 5.74) is 4.07. The van der Waals surface area contributed by atoms with Gasteiger partial charge in [-0.3, -0.25) is 4.79 Å². The number of nitrogens with zero attached hydrogens (tertiary/aromatic N) is 2. The Morgan fingerprint density at radius 1 is 0.889 bits per heavy atom. The van der Waals surface area contributed by atoms with Crippen LogP contribution in [0.3, 0.4) is 0 Å². The van der Waals surface area contributed by atoms with Crippen molar-refractivity contribution >= 4 is 16.9 Å². The van der Waals surface area contributed by atoms with Gasteiger partial charge in [-0.15, -0.1) is 0 Å². The third-order valence-corrected chi connectivity index (χ3v) is 6.26. The molecule has 1 heterocycles. The molecule has 0 saturated heterocycles. The fourth-order valence-electron chi connectivity index (χ4n) is 4.24. The Labute approximate surface area is 213 Å². The smallest absolute Gasteiger partial charge is 0.251 e. The van der Waals surface area contributed by atoms with Crippen LogP contribution in [0.1, 0.15) is 47.4 Å². The maximum atomic E-state index is 12.3. The molecule has 6 nitrogen and oxygen atoms in total. The minimum atomic E-state index is -0.00588. The first kappa shape index (κ1) is 25.3. The highest BCUT2D eigenvalue weighted by molar-refractivity contribution is 5.94. The molecule has 0 aliphatic carbocycles. The Morgan fingerprint density at radius 2 is 1.64 bits per heavy atom. The molecule has 0 unspecified atom stereocenters. The maximum Gasteiger partial charge on any atom is 0.251 e. The summed E-state index contributed by atoms with van der Waals surface area (Å²) in [6.07, 6.45) is 4.84. The molecule has 1 aromatic heterocycles. The number of aryl methyl sites for hydroxylation is 3. The molecule has 1 amide bonds. The number of imidazole rings is 1. The molecule has 188 valence electrons. The average Bonchev–Trinajstić information content (AvgIpc) is 3.26. The number of para-hydroxylation sites is 2. The molecule has 0 spiro atoms. The number of ether oxygens (including phenoxy) is 2. The molecule has 4 rings (SSSR count). The molecule has 36 heavy (non-hydrogen) atoms. The third kappa shape index (κ3) is 6.87. The number of hydrogen-bond donors (Lipinski definition) is 1. The Hall–Kier alpha value is -3.80. The minimum Gasteiger partial charge on any atom is -0.497 e. The van der Waals surface area contributed by atoms with Crippen molar-refractivity contribution in [1.29, 1.82) is 0 Å². The highest BCUT2D eigenvalue weighted by atomic mass is 16.5. The van der Waals surface area contributed by atoms with Crippen molar-refractivity contribution in [2.75, 3.05) is 20.3 Å². The second-order valence-electron chi connectivity index (χ2n) is 8.98. The molecule has 3 aromatic carbocycles. The number of amides is 1. The zero-order chi connectivity index (χ0) is 25.2. The first-order valence-corrected chi connectivity index (χ1v) is 12.7. The van der Waals surface area contributed by atoms with Crippen molar-refractivity contribution < 1.29 is 14.3 Å². The van der Waals surface area contributed by atoms with Crippen molar-refractivity contribution in [1.82, 2.24) is 14.9 Å². The van der Waals surface area contributed by atoms with Gasteiger partial charge in [-0.2, -0.15) is 0 Å². The summed E-state index contributed by atoms with van der Waals surface area (Å²) in [4.78, 5) is 17.2. The summed E-state index contributed by atoms with van der Waals surface area (Å²) >= 11 is 0. The standard InChI is InChI=1S/C30H35N3O3/c1-23-12-14-24(15-13-23)30(34)31-20-7-3-4-11-29-32-27-9-5-6-10-28(27)33(29)21-8-22-36-26-18-16-25(35-2)17-19-26/h5-6,9-10,12-19H,3-4,7-8,11,20-22H2,1-2H3,(H,31,34). The van der Waals surface area contributed by atoms with Gasteiger partial charge in [0.15, 0.2) is 0 Å². The fraction of sp³-hybridized carbons (Fsp3) is 0.333. The molecule has 0 atom stereocenters. The second kappa shape index (κ2) is 12.8. The first-order valence-electron chi connectivity index (χ1n) is 12.7. The number of benzene rings is 3. The normalized spacial score (nSPS) is 10.9. The molecule has 0 bridgehead atoms. The van der Waals surface area contributed by atoms with E-state index < -0.39 is 0 Å². The van der Waals surface area contributed by atoms with E-state index in [0.717, 1.165) is 67.1 Å². The Bertz CT molecular complexity index is 1250. The summed E-state index contributed by atoms with van der Waals surface area (Å²) in [5.74, 6) is 2.78. The molecule has 4 aromatic rings. The lowest BCUT2D eigenvalue weighted by atomic mass is 10.1. The van der Waals surface area contributed by atoms with E-state index in [1.165, 1.54) is 5.52 Å². The predicted molar refractivity (Wildman–Crippen MR) is 144 cm³/mol. The van der Waals surface area contributed by atoms with E-state index >= 15 is 0 Å². The van der Waals surface area contributed by atoms with Crippen LogP contribution in [-0.2, 0) is 13.0 Å². The molecule has 1 N–H and O–H groups in total. The summed E-state index contributed by atoms with van der Waals surface area (Å²) < 4.78 is 13.4. The van der Waals surface area contributed by atoms with Crippen molar-refractivity contribution in [3.63, 3.8) is 0 Å². The van der Waals surface area contributed by atoms with E-state index in [2.05, 4.69) is 28.1 Å². The van der Waals surface area contributed by atoms with Gasteiger partial charge in [0.05, 0.1) is 24.8 Å². The zero-order valence-electron chi connectivity index (χ0n) is 21.2. The van der Waals surface area contributed by atoms with Gasteiger partial charge in [-0.05, 0) is 74.7 Å². The van der Waals surface area contributed by atoms with Crippen LogP contribution in [0, 0.1) is 6.92 Å². The summed E-state index contributed by atoms with van der Waals surface area (Å²) in [6.45, 7) is 4.20. The van der Waals surface area contributed by atoms with E-state index in [1.807, 2.05) is 61.5 Å². The number of nitrogens with one attached hydrogen (secondary N) is 1. The highest BCUT2D eigenvalue weighted by Gasteiger charge is 2.10. The average molecular weight is 486 g/mol. The van der Waals surface area contributed by atoms with Gasteiger partial charge in [0.1, 0.15) is 17.3 Å². The van der Waals surface area contributed by atoms with Crippen molar-refractivity contribution in [3.05, 3.63) is 89.7 Å². The van der Waals surface area contributed by atoms with Gasteiger partial charge >= 0.3 is 0 Å². The van der Waals surface area contributed by atoms with Gasteiger partial charge in [0.2, 0.25) is 0 Å². The number of aromatic nitrogens is 2. The SMILES string of the molecule is COc1ccc(OCCCn2c(CCCCCNC(=O)c3ccc(C)cc3)nc3ccccc32)cc1. The monoisotopic (exact) mass is 485 g/mol. The summed E-state index contributed by atoms with van der Waals surface area (Å²) in [6, 6.07) is 23.7. The molecule has 0 saturated carbocycles. The molecule has 0 radical (unpaired) electrons. The molecule has 0 fully saturated rings. The zero-order valence-corrected chi connectivity index (χ0v) is 21.2. The highest BCUT2D eigenvalue weighted by Crippen LogP contribution is 2.20. The van der Waals surface area contributed by atoms with Crippen LogP contribution in [0.2, 0.25) is 0 Å². The summed E-state index contributed by atoms with van der Waals surface area (Å²) in [5, 5.41) is 3.02. The minimum absolute atomic E-state index is 0.00588. The number of rotatable bonds is 13. The van der Waals surface area contributed by atoms with Crippen LogP contribution < -0.4 is 14.8 Å². The summed E-state index contributed by atoms with van der Waals surface area (Å²) in [7, 11) is 1.66. The number of carbonyl (C=O) groups excluding carboxylic acids is 1. The molecular weight excluding hydrogens is 450 g/mol. The topological polar surface area (TPSA) is 65.4 Å². The number of fused-ring (bicyclic) bond motifs is 1. The van der Waals surface area contributed by atoms with Crippen LogP contribution in [0.25, 0.3) is 11.0 Å². The van der Waals surface area contributed by atoms with Gasteiger partial charge in [0.25, 0.3) is 5.91 Å². The van der Waals surface area contributed by atoms with E-state index in [-0.39, 0.29) is 5.91 Å². The van der Waals surface area contributed by atoms with Crippen LogP contribution in [0.5, 0.6) is 11.5 Å². The Balaban J connectivity index is 1.23. The lowest BCUT2D eigenvalue weighted by Gasteiger charge is -2.11. The van der Waals surface area contributed by atoms with Gasteiger partial charge in [-0.25, -0.2) is 4.98 Å². The quantitative estimate of drug-likeness (QED) is 0.237. The van der Waals surface area contributed by atoms with E-state index in [4.69, 9.17) is 14.5 Å². The molecular formula is C30H35N3O3. The van der Waals surface area contributed by atoms with Gasteiger partial charge < -0.3 is 19.4 Å². The maximum absolute atomic E-state index is 12.3. The molecule has 0 aliphatic heterocycles.